The molecule has 1 saturated heterocycles. The maximum atomic E-state index is 12.3. The van der Waals surface area contributed by atoms with Crippen molar-refractivity contribution in [3.63, 3.8) is 0 Å². The molecule has 8 nitrogen and oxygen atoms in total. The fraction of sp³-hybridized carbons (Fsp3) is 0.529. The van der Waals surface area contributed by atoms with Gasteiger partial charge in [0.05, 0.1) is 11.6 Å². The highest BCUT2D eigenvalue weighted by Crippen LogP contribution is 2.32. The fourth-order valence-corrected chi connectivity index (χ4v) is 2.56. The Kier molecular flexibility index (Phi) is 5.99. The van der Waals surface area contributed by atoms with Gasteiger partial charge in [-0.05, 0) is 27.2 Å². The van der Waals surface area contributed by atoms with E-state index < -0.39 is 35.9 Å². The normalized spacial score (nSPS) is 21.6. The molecule has 138 valence electrons. The number of aliphatic hydroxyl groups is 1. The number of hydroxylamine groups is 2. The molecular formula is C17H25N3O5. The van der Waals surface area contributed by atoms with Crippen molar-refractivity contribution in [2.45, 2.75) is 51.2 Å². The summed E-state index contributed by atoms with van der Waals surface area (Å²) in [4.78, 5) is 29.2. The van der Waals surface area contributed by atoms with Gasteiger partial charge in [0.25, 0.3) is 5.91 Å². The van der Waals surface area contributed by atoms with Crippen LogP contribution in [0.25, 0.3) is 0 Å². The Morgan fingerprint density at radius 3 is 2.52 bits per heavy atom. The first kappa shape index (κ1) is 19.2. The molecule has 1 aromatic rings. The molecule has 25 heavy (non-hydrogen) atoms. The van der Waals surface area contributed by atoms with Crippen molar-refractivity contribution in [1.82, 2.24) is 10.4 Å². The first-order valence-electron chi connectivity index (χ1n) is 8.12. The van der Waals surface area contributed by atoms with Crippen molar-refractivity contribution in [3.8, 4) is 0 Å². The van der Waals surface area contributed by atoms with E-state index in [1.165, 1.54) is 0 Å². The molecule has 1 aromatic carbocycles. The Morgan fingerprint density at radius 2 is 2.00 bits per heavy atom. The number of hydrogen-bond donors (Lipinski definition) is 3. The third-order valence-electron chi connectivity index (χ3n) is 3.63. The number of amides is 3. The van der Waals surface area contributed by atoms with Gasteiger partial charge in [0, 0.05) is 12.2 Å². The summed E-state index contributed by atoms with van der Waals surface area (Å²) >= 11 is 0. The number of nitrogens with zero attached hydrogens (tertiary/aromatic N) is 1. The van der Waals surface area contributed by atoms with Gasteiger partial charge in [-0.15, -0.1) is 0 Å². The number of benzene rings is 1. The average Bonchev–Trinajstić information content (AvgIpc) is 2.55. The first-order valence-corrected chi connectivity index (χ1v) is 8.12. The Labute approximate surface area is 146 Å². The van der Waals surface area contributed by atoms with Gasteiger partial charge in [0.15, 0.2) is 0 Å². The van der Waals surface area contributed by atoms with Gasteiger partial charge < -0.3 is 20.9 Å². The number of β-lactam (4-membered cyclic amide) rings is 1. The van der Waals surface area contributed by atoms with Crippen LogP contribution in [-0.4, -0.2) is 46.4 Å². The summed E-state index contributed by atoms with van der Waals surface area (Å²) in [6.45, 7) is 5.48. The van der Waals surface area contributed by atoms with Gasteiger partial charge in [-0.3, -0.25) is 4.79 Å². The number of hydrogen-bond acceptors (Lipinski definition) is 5. The zero-order valence-corrected chi connectivity index (χ0v) is 14.6. The zero-order valence-electron chi connectivity index (χ0n) is 14.6. The summed E-state index contributed by atoms with van der Waals surface area (Å²) in [5, 5.41) is 12.7. The smallest absolute Gasteiger partial charge is 0.312 e. The first-order chi connectivity index (χ1) is 11.7. The highest BCUT2D eigenvalue weighted by Gasteiger charge is 2.50. The van der Waals surface area contributed by atoms with Crippen LogP contribution in [-0.2, 0) is 14.4 Å². The van der Waals surface area contributed by atoms with Crippen molar-refractivity contribution in [1.29, 1.82) is 0 Å². The van der Waals surface area contributed by atoms with Crippen LogP contribution in [0.15, 0.2) is 30.3 Å². The number of ether oxygens (including phenoxy) is 1. The standard InChI is InChI=1S/C17H25N3O5/c1-17(2,3)24-15(11-7-5-4-6-8-11)25-20-12(9-10-21)13(14(20)22)19-16(18)23/h4-8,12-13,15,21H,9-10H2,1-3H3,(H3,18,19,23). The van der Waals surface area contributed by atoms with E-state index in [9.17, 15) is 14.7 Å². The quantitative estimate of drug-likeness (QED) is 0.502. The van der Waals surface area contributed by atoms with Gasteiger partial charge in [-0.2, -0.15) is 0 Å². The van der Waals surface area contributed by atoms with Crippen molar-refractivity contribution in [2.24, 2.45) is 5.73 Å². The molecule has 0 radical (unpaired) electrons. The van der Waals surface area contributed by atoms with Crippen LogP contribution in [0, 0.1) is 0 Å². The van der Waals surface area contributed by atoms with Crippen LogP contribution >= 0.6 is 0 Å². The third kappa shape index (κ3) is 4.91. The van der Waals surface area contributed by atoms with Crippen LogP contribution in [0.3, 0.4) is 0 Å². The van der Waals surface area contributed by atoms with E-state index in [2.05, 4.69) is 5.32 Å². The number of primary amides is 1. The summed E-state index contributed by atoms with van der Waals surface area (Å²) in [6.07, 6.45) is -0.561. The molecule has 1 aliphatic rings. The van der Waals surface area contributed by atoms with E-state index in [0.717, 1.165) is 10.6 Å². The van der Waals surface area contributed by atoms with Crippen molar-refractivity contribution in [2.75, 3.05) is 6.61 Å². The van der Waals surface area contributed by atoms with Crippen LogP contribution < -0.4 is 11.1 Å². The number of carbonyl (C=O) groups is 2. The zero-order chi connectivity index (χ0) is 18.6. The number of aliphatic hydroxyl groups excluding tert-OH is 1. The number of rotatable bonds is 7. The molecule has 1 fully saturated rings. The number of nitrogens with one attached hydrogen (secondary N) is 1. The van der Waals surface area contributed by atoms with Crippen molar-refractivity contribution in [3.05, 3.63) is 35.9 Å². The maximum absolute atomic E-state index is 12.3. The molecule has 2 rings (SSSR count). The number of nitrogens with two attached hydrogens (primary N) is 1. The van der Waals surface area contributed by atoms with Crippen LogP contribution in [0.2, 0.25) is 0 Å². The lowest BCUT2D eigenvalue weighted by atomic mass is 9.95. The van der Waals surface area contributed by atoms with E-state index in [-0.39, 0.29) is 13.0 Å². The predicted octanol–water partition coefficient (Wildman–Crippen LogP) is 1.06. The molecule has 0 aromatic heterocycles. The summed E-state index contributed by atoms with van der Waals surface area (Å²) in [6, 6.07) is 7.11. The molecule has 3 amide bonds. The molecular weight excluding hydrogens is 326 g/mol. The van der Waals surface area contributed by atoms with E-state index in [1.807, 2.05) is 51.1 Å². The molecule has 1 heterocycles. The van der Waals surface area contributed by atoms with Crippen molar-refractivity contribution < 1.29 is 24.3 Å². The topological polar surface area (TPSA) is 114 Å². The van der Waals surface area contributed by atoms with Gasteiger partial charge in [0.2, 0.25) is 6.29 Å². The van der Waals surface area contributed by atoms with E-state index in [0.29, 0.717) is 0 Å². The molecule has 4 N–H and O–H groups in total. The second-order valence-electron chi connectivity index (χ2n) is 6.81. The molecule has 0 saturated carbocycles. The average molecular weight is 351 g/mol. The lowest BCUT2D eigenvalue weighted by Gasteiger charge is -2.46. The second-order valence-corrected chi connectivity index (χ2v) is 6.81. The molecule has 0 bridgehead atoms. The van der Waals surface area contributed by atoms with E-state index in [1.54, 1.807) is 0 Å². The highest BCUT2D eigenvalue weighted by molar-refractivity contribution is 5.92. The molecule has 0 aliphatic carbocycles. The van der Waals surface area contributed by atoms with Gasteiger partial charge >= 0.3 is 6.03 Å². The lowest BCUT2D eigenvalue weighted by Crippen LogP contribution is -2.71. The Morgan fingerprint density at radius 1 is 1.36 bits per heavy atom. The predicted molar refractivity (Wildman–Crippen MR) is 89.9 cm³/mol. The minimum Gasteiger partial charge on any atom is -0.396 e. The highest BCUT2D eigenvalue weighted by atomic mass is 16.8. The SMILES string of the molecule is CC(C)(C)OC(ON1C(=O)C(NC(N)=O)C1CCO)c1ccccc1. The molecule has 8 heteroatoms. The van der Waals surface area contributed by atoms with Gasteiger partial charge in [-0.25, -0.2) is 14.7 Å². The van der Waals surface area contributed by atoms with Crippen molar-refractivity contribution >= 4 is 11.9 Å². The monoisotopic (exact) mass is 351 g/mol. The van der Waals surface area contributed by atoms with Crippen LogP contribution in [0.1, 0.15) is 39.0 Å². The summed E-state index contributed by atoms with van der Waals surface area (Å²) in [7, 11) is 0. The van der Waals surface area contributed by atoms with E-state index in [4.69, 9.17) is 15.3 Å². The van der Waals surface area contributed by atoms with Gasteiger partial charge in [-0.1, -0.05) is 30.3 Å². The molecule has 3 atom stereocenters. The molecule has 1 aliphatic heterocycles. The largest absolute Gasteiger partial charge is 0.396 e. The van der Waals surface area contributed by atoms with Gasteiger partial charge in [0.1, 0.15) is 6.04 Å². The number of carbonyl (C=O) groups excluding carboxylic acids is 2. The number of urea groups is 1. The Balaban J connectivity index is 2.16. The van der Waals surface area contributed by atoms with Crippen LogP contribution in [0.5, 0.6) is 0 Å². The summed E-state index contributed by atoms with van der Waals surface area (Å²) < 4.78 is 5.93. The molecule has 0 spiro atoms. The summed E-state index contributed by atoms with van der Waals surface area (Å²) in [5.74, 6) is -0.435. The second kappa shape index (κ2) is 7.81. The Hall–Kier alpha value is -2.16. The minimum absolute atomic E-state index is 0.162. The van der Waals surface area contributed by atoms with E-state index >= 15 is 0 Å². The third-order valence-corrected chi connectivity index (χ3v) is 3.63. The fourth-order valence-electron chi connectivity index (χ4n) is 2.56. The lowest BCUT2D eigenvalue weighted by molar-refractivity contribution is -0.328. The summed E-state index contributed by atoms with van der Waals surface area (Å²) in [5.41, 5.74) is 5.34. The minimum atomic E-state index is -0.810. The Bertz CT molecular complexity index is 602. The molecule has 3 unspecified atom stereocenters. The van der Waals surface area contributed by atoms with Crippen LogP contribution in [0.4, 0.5) is 4.79 Å². The maximum Gasteiger partial charge on any atom is 0.312 e.